The van der Waals surface area contributed by atoms with Crippen molar-refractivity contribution in [2.75, 3.05) is 50.8 Å². The maximum Gasteiger partial charge on any atom is 0.270 e. The molecule has 2 aromatic rings. The number of aromatic nitrogens is 1. The number of benzene rings is 1. The summed E-state index contributed by atoms with van der Waals surface area (Å²) in [6.45, 7) is 3.83. The molecule has 188 valence electrons. The topological polar surface area (TPSA) is 113 Å². The first-order valence-electron chi connectivity index (χ1n) is 12.4. The molecule has 2 saturated heterocycles. The molecule has 0 bridgehead atoms. The molecule has 1 aromatic heterocycles. The summed E-state index contributed by atoms with van der Waals surface area (Å²) in [6.07, 6.45) is 5.15. The lowest BCUT2D eigenvalue weighted by Gasteiger charge is -2.40. The molecule has 35 heavy (non-hydrogen) atoms. The molecule has 10 heteroatoms. The lowest BCUT2D eigenvalue weighted by atomic mass is 10.1. The highest BCUT2D eigenvalue weighted by molar-refractivity contribution is 8.24. The Morgan fingerprint density at radius 1 is 0.943 bits per heavy atom. The van der Waals surface area contributed by atoms with Crippen LogP contribution < -0.4 is 0 Å². The molecular weight excluding hydrogens is 466 g/mol. The van der Waals surface area contributed by atoms with Crippen molar-refractivity contribution < 1.29 is 18.7 Å². The average molecular weight is 500 g/mol. The Kier molecular flexibility index (Phi) is 6.77. The molecule has 1 aromatic carbocycles. The molecule has 9 nitrogen and oxygen atoms in total. The summed E-state index contributed by atoms with van der Waals surface area (Å²) in [5.41, 5.74) is 1.71. The van der Waals surface area contributed by atoms with Gasteiger partial charge in [-0.05, 0) is 37.1 Å². The third-order valence-electron chi connectivity index (χ3n) is 7.70. The Morgan fingerprint density at radius 3 is 2.26 bits per heavy atom. The van der Waals surface area contributed by atoms with Crippen molar-refractivity contribution in [3.8, 4) is 6.07 Å². The van der Waals surface area contributed by atoms with Crippen molar-refractivity contribution in [2.45, 2.75) is 38.3 Å². The van der Waals surface area contributed by atoms with E-state index in [1.807, 2.05) is 17.0 Å². The number of fused-ring (bicyclic) bond motifs is 1. The van der Waals surface area contributed by atoms with Gasteiger partial charge in [-0.25, -0.2) is 0 Å². The standard InChI is InChI=1S/C25H33N5O4S/c26-7-8-30-22-6-5-19(24(31)28-11-9-27(10-12-28)21-3-1-2-4-21)17-20(22)18-23(30)25(32)29-13-15-35(33,34)16-14-29/h5-6,17-18,21,33-34H,1-4,8-16H2. The van der Waals surface area contributed by atoms with Crippen LogP contribution in [0.3, 0.4) is 0 Å². The van der Waals surface area contributed by atoms with Crippen molar-refractivity contribution >= 4 is 33.3 Å². The van der Waals surface area contributed by atoms with Gasteiger partial charge in [-0.15, -0.1) is 0 Å². The van der Waals surface area contributed by atoms with Crippen LogP contribution in [0.1, 0.15) is 46.5 Å². The maximum absolute atomic E-state index is 13.3. The second kappa shape index (κ2) is 9.82. The zero-order chi connectivity index (χ0) is 24.6. The van der Waals surface area contributed by atoms with Crippen LogP contribution >= 0.6 is 10.6 Å². The van der Waals surface area contributed by atoms with E-state index in [0.717, 1.165) is 37.1 Å². The smallest absolute Gasteiger partial charge is 0.270 e. The van der Waals surface area contributed by atoms with Crippen LogP contribution in [-0.4, -0.2) is 97.0 Å². The number of carbonyl (C=O) groups is 2. The van der Waals surface area contributed by atoms with Crippen LogP contribution in [-0.2, 0) is 6.54 Å². The van der Waals surface area contributed by atoms with E-state index in [1.165, 1.54) is 25.7 Å². The Bertz CT molecular complexity index is 1150. The Hall–Kier alpha value is -2.58. The van der Waals surface area contributed by atoms with Gasteiger partial charge in [0, 0.05) is 61.8 Å². The molecule has 5 rings (SSSR count). The van der Waals surface area contributed by atoms with Crippen molar-refractivity contribution in [1.82, 2.24) is 19.3 Å². The van der Waals surface area contributed by atoms with Gasteiger partial charge in [-0.2, -0.15) is 15.9 Å². The highest BCUT2D eigenvalue weighted by Crippen LogP contribution is 2.40. The predicted octanol–water partition coefficient (Wildman–Crippen LogP) is 3.07. The Balaban J connectivity index is 1.34. The van der Waals surface area contributed by atoms with E-state index in [2.05, 4.69) is 11.0 Å². The van der Waals surface area contributed by atoms with Crippen LogP contribution in [0.25, 0.3) is 10.9 Å². The number of piperazine rings is 1. The van der Waals surface area contributed by atoms with Gasteiger partial charge < -0.3 is 14.4 Å². The van der Waals surface area contributed by atoms with Crippen LogP contribution in [0.2, 0.25) is 0 Å². The van der Waals surface area contributed by atoms with Crippen LogP contribution in [0, 0.1) is 11.3 Å². The SMILES string of the molecule is N#CCn1c(C(=O)N2CCS(O)(O)CC2)cc2cc(C(=O)N3CCN(C4CCCC4)CC3)ccc21. The fourth-order valence-electron chi connectivity index (χ4n) is 5.66. The summed E-state index contributed by atoms with van der Waals surface area (Å²) in [6, 6.07) is 9.97. The van der Waals surface area contributed by atoms with E-state index in [1.54, 1.807) is 21.6 Å². The third kappa shape index (κ3) is 4.91. The van der Waals surface area contributed by atoms with Gasteiger partial charge in [-0.1, -0.05) is 12.8 Å². The van der Waals surface area contributed by atoms with Gasteiger partial charge in [0.1, 0.15) is 12.2 Å². The molecule has 3 heterocycles. The summed E-state index contributed by atoms with van der Waals surface area (Å²) in [4.78, 5) is 32.6. The van der Waals surface area contributed by atoms with Crippen LogP contribution in [0.5, 0.6) is 0 Å². The highest BCUT2D eigenvalue weighted by atomic mass is 32.3. The van der Waals surface area contributed by atoms with Gasteiger partial charge in [0.15, 0.2) is 0 Å². The lowest BCUT2D eigenvalue weighted by molar-refractivity contribution is 0.0573. The van der Waals surface area contributed by atoms with E-state index in [0.29, 0.717) is 17.3 Å². The minimum atomic E-state index is -2.61. The first kappa shape index (κ1) is 24.1. The number of hydrogen-bond donors (Lipinski definition) is 2. The first-order valence-corrected chi connectivity index (χ1v) is 14.3. The fraction of sp³-hybridized carbons (Fsp3) is 0.560. The molecule has 0 spiro atoms. The van der Waals surface area contributed by atoms with Crippen molar-refractivity contribution in [2.24, 2.45) is 0 Å². The Morgan fingerprint density at radius 2 is 1.60 bits per heavy atom. The van der Waals surface area contributed by atoms with Crippen molar-refractivity contribution in [3.05, 3.63) is 35.5 Å². The minimum Gasteiger partial charge on any atom is -0.336 e. The maximum atomic E-state index is 13.3. The summed E-state index contributed by atoms with van der Waals surface area (Å²) in [7, 11) is -2.61. The molecule has 3 fully saturated rings. The van der Waals surface area contributed by atoms with Gasteiger partial charge in [0.25, 0.3) is 11.8 Å². The number of nitriles is 1. The summed E-state index contributed by atoms with van der Waals surface area (Å²) in [5, 5.41) is 10.1. The zero-order valence-electron chi connectivity index (χ0n) is 19.9. The monoisotopic (exact) mass is 499 g/mol. The number of hydrogen-bond acceptors (Lipinski definition) is 6. The van der Waals surface area contributed by atoms with E-state index in [9.17, 15) is 24.0 Å². The Labute approximate surface area is 207 Å². The molecular formula is C25H33N5O4S. The third-order valence-corrected chi connectivity index (χ3v) is 9.38. The molecule has 2 N–H and O–H groups in total. The van der Waals surface area contributed by atoms with Crippen LogP contribution in [0.4, 0.5) is 0 Å². The molecule has 0 radical (unpaired) electrons. The highest BCUT2D eigenvalue weighted by Gasteiger charge is 2.30. The summed E-state index contributed by atoms with van der Waals surface area (Å²) in [5.74, 6) is 0.107. The van der Waals surface area contributed by atoms with Gasteiger partial charge in [0.05, 0.1) is 17.6 Å². The van der Waals surface area contributed by atoms with E-state index in [4.69, 9.17) is 0 Å². The average Bonchev–Trinajstić information content (AvgIpc) is 3.52. The zero-order valence-corrected chi connectivity index (χ0v) is 20.8. The first-order chi connectivity index (χ1) is 16.9. The lowest BCUT2D eigenvalue weighted by Crippen LogP contribution is -2.51. The van der Waals surface area contributed by atoms with Gasteiger partial charge in [-0.3, -0.25) is 23.6 Å². The normalized spacial score (nSPS) is 22.3. The second-order valence-electron chi connectivity index (χ2n) is 9.82. The van der Waals surface area contributed by atoms with Gasteiger partial charge >= 0.3 is 0 Å². The molecule has 2 amide bonds. The van der Waals surface area contributed by atoms with E-state index in [-0.39, 0.29) is 43.0 Å². The largest absolute Gasteiger partial charge is 0.336 e. The predicted molar refractivity (Wildman–Crippen MR) is 136 cm³/mol. The van der Waals surface area contributed by atoms with E-state index >= 15 is 0 Å². The molecule has 3 aliphatic rings. The molecule has 1 aliphatic carbocycles. The van der Waals surface area contributed by atoms with Crippen molar-refractivity contribution in [1.29, 1.82) is 5.26 Å². The number of amides is 2. The molecule has 0 atom stereocenters. The van der Waals surface area contributed by atoms with Gasteiger partial charge in [0.2, 0.25) is 0 Å². The molecule has 1 saturated carbocycles. The number of carbonyl (C=O) groups excluding carboxylic acids is 2. The number of rotatable bonds is 4. The quantitative estimate of drug-likeness (QED) is 0.669. The molecule has 0 unspecified atom stereocenters. The van der Waals surface area contributed by atoms with Crippen molar-refractivity contribution in [3.63, 3.8) is 0 Å². The minimum absolute atomic E-state index is 0.000110. The fourth-order valence-corrected chi connectivity index (χ4v) is 6.89. The summed E-state index contributed by atoms with van der Waals surface area (Å²) < 4.78 is 21.4. The second-order valence-corrected chi connectivity index (χ2v) is 12.2. The van der Waals surface area contributed by atoms with Crippen LogP contribution in [0.15, 0.2) is 24.3 Å². The summed E-state index contributed by atoms with van der Waals surface area (Å²) >= 11 is 0. The van der Waals surface area contributed by atoms with E-state index < -0.39 is 10.6 Å². The molecule has 2 aliphatic heterocycles. The number of nitrogens with zero attached hydrogens (tertiary/aromatic N) is 5.